The summed E-state index contributed by atoms with van der Waals surface area (Å²) in [6, 6.07) is 15.9. The number of hydrazone groups is 1. The first-order valence-electron chi connectivity index (χ1n) is 10.9. The molecule has 0 bridgehead atoms. The second kappa shape index (κ2) is 13.1. The van der Waals surface area contributed by atoms with Crippen molar-refractivity contribution in [3.63, 3.8) is 0 Å². The molecule has 0 spiro atoms. The monoisotopic (exact) mass is 617 g/mol. The van der Waals surface area contributed by atoms with Crippen LogP contribution in [0.1, 0.15) is 28.4 Å². The summed E-state index contributed by atoms with van der Waals surface area (Å²) in [6.07, 6.45) is 1.44. The highest BCUT2D eigenvalue weighted by Gasteiger charge is 2.13. The predicted molar refractivity (Wildman–Crippen MR) is 146 cm³/mol. The zero-order valence-corrected chi connectivity index (χ0v) is 23.1. The smallest absolute Gasteiger partial charge is 0.271 e. The van der Waals surface area contributed by atoms with Gasteiger partial charge in [0.25, 0.3) is 11.8 Å². The highest BCUT2D eigenvalue weighted by Crippen LogP contribution is 2.32. The standard InChI is InChI=1S/C26H25Br2N3O5/c1-4-35-22-9-8-17(12-23(22)34-3)26(33)31-29-14-18-11-19(27)13-21(28)25(18)36-15-24(32)30-20-7-5-6-16(2)10-20/h5-14H,4,15H2,1-3H3,(H,30,32)(H,31,33)/b29-14+. The lowest BCUT2D eigenvalue weighted by Crippen LogP contribution is -2.21. The molecule has 10 heteroatoms. The molecule has 3 rings (SSSR count). The van der Waals surface area contributed by atoms with Gasteiger partial charge >= 0.3 is 0 Å². The fraction of sp³-hybridized carbons (Fsp3) is 0.192. The highest BCUT2D eigenvalue weighted by molar-refractivity contribution is 9.11. The lowest BCUT2D eigenvalue weighted by atomic mass is 10.2. The van der Waals surface area contributed by atoms with Crippen molar-refractivity contribution in [2.24, 2.45) is 5.10 Å². The van der Waals surface area contributed by atoms with Crippen molar-refractivity contribution in [1.82, 2.24) is 5.43 Å². The maximum absolute atomic E-state index is 12.6. The Morgan fingerprint density at radius 3 is 2.56 bits per heavy atom. The van der Waals surface area contributed by atoms with Crippen molar-refractivity contribution in [3.05, 3.63) is 80.2 Å². The minimum absolute atomic E-state index is 0.215. The molecule has 0 aliphatic rings. The molecule has 0 atom stereocenters. The number of rotatable bonds is 10. The van der Waals surface area contributed by atoms with Crippen molar-refractivity contribution in [1.29, 1.82) is 0 Å². The summed E-state index contributed by atoms with van der Waals surface area (Å²) in [7, 11) is 1.51. The molecule has 0 radical (unpaired) electrons. The molecule has 0 unspecified atom stereocenters. The van der Waals surface area contributed by atoms with Gasteiger partial charge in [-0.2, -0.15) is 5.10 Å². The van der Waals surface area contributed by atoms with Gasteiger partial charge in [0, 0.05) is 21.3 Å². The number of hydrogen-bond donors (Lipinski definition) is 2. The molecule has 3 aromatic rings. The maximum Gasteiger partial charge on any atom is 0.271 e. The van der Waals surface area contributed by atoms with E-state index in [0.29, 0.717) is 45.1 Å². The number of aryl methyl sites for hydroxylation is 1. The number of nitrogens with one attached hydrogen (secondary N) is 2. The Labute approximate surface area is 226 Å². The van der Waals surface area contributed by atoms with Gasteiger partial charge in [-0.15, -0.1) is 0 Å². The molecule has 0 heterocycles. The summed E-state index contributed by atoms with van der Waals surface area (Å²) in [5.41, 5.74) is 5.11. The van der Waals surface area contributed by atoms with Crippen molar-refractivity contribution in [2.45, 2.75) is 13.8 Å². The molecule has 8 nitrogen and oxygen atoms in total. The number of carbonyl (C=O) groups excluding carboxylic acids is 2. The van der Waals surface area contributed by atoms with Crippen LogP contribution in [0.3, 0.4) is 0 Å². The van der Waals surface area contributed by atoms with E-state index < -0.39 is 5.91 Å². The van der Waals surface area contributed by atoms with E-state index in [1.165, 1.54) is 13.3 Å². The predicted octanol–water partition coefficient (Wildman–Crippen LogP) is 5.71. The number of hydrogen-bond acceptors (Lipinski definition) is 6. The number of halogens is 2. The van der Waals surface area contributed by atoms with E-state index in [9.17, 15) is 9.59 Å². The molecule has 2 amide bonds. The molecule has 0 saturated carbocycles. The third-order valence-corrected chi connectivity index (χ3v) is 5.83. The molecular formula is C26H25Br2N3O5. The summed E-state index contributed by atoms with van der Waals surface area (Å²) in [4.78, 5) is 25.0. The number of anilines is 1. The molecule has 0 fully saturated rings. The number of nitrogens with zero attached hydrogens (tertiary/aromatic N) is 1. The molecule has 2 N–H and O–H groups in total. The van der Waals surface area contributed by atoms with Gasteiger partial charge in [-0.05, 0) is 77.8 Å². The van der Waals surface area contributed by atoms with E-state index in [0.717, 1.165) is 10.0 Å². The van der Waals surface area contributed by atoms with Gasteiger partial charge in [-0.25, -0.2) is 5.43 Å². The van der Waals surface area contributed by atoms with Crippen LogP contribution in [-0.4, -0.2) is 38.4 Å². The Kier molecular flexibility index (Phi) is 9.89. The Balaban J connectivity index is 1.69. The van der Waals surface area contributed by atoms with Crippen molar-refractivity contribution < 1.29 is 23.8 Å². The molecule has 36 heavy (non-hydrogen) atoms. The Morgan fingerprint density at radius 2 is 1.83 bits per heavy atom. The number of ether oxygens (including phenoxy) is 3. The molecule has 0 aliphatic heterocycles. The van der Waals surface area contributed by atoms with E-state index in [1.54, 1.807) is 36.4 Å². The fourth-order valence-electron chi connectivity index (χ4n) is 3.19. The van der Waals surface area contributed by atoms with Gasteiger partial charge in [-0.3, -0.25) is 9.59 Å². The van der Waals surface area contributed by atoms with Crippen molar-refractivity contribution in [3.8, 4) is 17.2 Å². The SMILES string of the molecule is CCOc1ccc(C(=O)N/N=C/c2cc(Br)cc(Br)c2OCC(=O)Nc2cccc(C)c2)cc1OC. The average Bonchev–Trinajstić information content (AvgIpc) is 2.83. The molecule has 188 valence electrons. The van der Waals surface area contributed by atoms with Crippen LogP contribution in [0.15, 0.2) is 68.6 Å². The molecule has 0 saturated heterocycles. The summed E-state index contributed by atoms with van der Waals surface area (Å²) in [5.74, 6) is 0.660. The van der Waals surface area contributed by atoms with Crippen LogP contribution in [0, 0.1) is 6.92 Å². The Bertz CT molecular complexity index is 1280. The van der Waals surface area contributed by atoms with Crippen LogP contribution in [-0.2, 0) is 4.79 Å². The van der Waals surface area contributed by atoms with Gasteiger partial charge in [0.05, 0.1) is 24.4 Å². The Morgan fingerprint density at radius 1 is 1.03 bits per heavy atom. The normalized spacial score (nSPS) is 10.7. The fourth-order valence-corrected chi connectivity index (χ4v) is 4.57. The average molecular weight is 619 g/mol. The minimum Gasteiger partial charge on any atom is -0.493 e. The van der Waals surface area contributed by atoms with Crippen molar-refractivity contribution >= 4 is 55.6 Å². The maximum atomic E-state index is 12.6. The summed E-state index contributed by atoms with van der Waals surface area (Å²) >= 11 is 6.89. The van der Waals surface area contributed by atoms with Gasteiger partial charge in [-0.1, -0.05) is 28.1 Å². The van der Waals surface area contributed by atoms with Crippen LogP contribution in [0.5, 0.6) is 17.2 Å². The number of methoxy groups -OCH3 is 1. The number of amides is 2. The first-order valence-corrected chi connectivity index (χ1v) is 12.5. The number of carbonyl (C=O) groups is 2. The topological polar surface area (TPSA) is 98.3 Å². The van der Waals surface area contributed by atoms with E-state index in [1.807, 2.05) is 32.0 Å². The summed E-state index contributed by atoms with van der Waals surface area (Å²) in [5, 5.41) is 6.86. The van der Waals surface area contributed by atoms with Gasteiger partial charge < -0.3 is 19.5 Å². The molecule has 0 aliphatic carbocycles. The van der Waals surface area contributed by atoms with Gasteiger partial charge in [0.1, 0.15) is 5.75 Å². The zero-order valence-electron chi connectivity index (χ0n) is 19.9. The zero-order chi connectivity index (χ0) is 26.1. The molecule has 3 aromatic carbocycles. The molecule has 0 aromatic heterocycles. The Hall–Kier alpha value is -3.37. The van der Waals surface area contributed by atoms with Crippen LogP contribution in [0.4, 0.5) is 5.69 Å². The van der Waals surface area contributed by atoms with Gasteiger partial charge in [0.15, 0.2) is 18.1 Å². The minimum atomic E-state index is -0.429. The van der Waals surface area contributed by atoms with Crippen molar-refractivity contribution in [2.75, 3.05) is 25.6 Å². The summed E-state index contributed by atoms with van der Waals surface area (Å²) in [6.45, 7) is 4.07. The second-order valence-electron chi connectivity index (χ2n) is 7.51. The van der Waals surface area contributed by atoms with E-state index in [4.69, 9.17) is 14.2 Å². The van der Waals surface area contributed by atoms with Crippen LogP contribution >= 0.6 is 31.9 Å². The summed E-state index contributed by atoms with van der Waals surface area (Å²) < 4.78 is 17.9. The van der Waals surface area contributed by atoms with Crippen LogP contribution in [0.2, 0.25) is 0 Å². The van der Waals surface area contributed by atoms with E-state index >= 15 is 0 Å². The van der Waals surface area contributed by atoms with Crippen LogP contribution < -0.4 is 25.0 Å². The number of benzene rings is 3. The van der Waals surface area contributed by atoms with E-state index in [2.05, 4.69) is 47.7 Å². The highest BCUT2D eigenvalue weighted by atomic mass is 79.9. The van der Waals surface area contributed by atoms with E-state index in [-0.39, 0.29) is 12.5 Å². The lowest BCUT2D eigenvalue weighted by Gasteiger charge is -2.12. The quantitative estimate of drug-likeness (QED) is 0.224. The lowest BCUT2D eigenvalue weighted by molar-refractivity contribution is -0.118. The van der Waals surface area contributed by atoms with Crippen LogP contribution in [0.25, 0.3) is 0 Å². The molecular weight excluding hydrogens is 594 g/mol. The largest absolute Gasteiger partial charge is 0.493 e. The van der Waals surface area contributed by atoms with Gasteiger partial charge in [0.2, 0.25) is 0 Å². The first-order chi connectivity index (χ1) is 17.3. The third kappa shape index (κ3) is 7.56. The first kappa shape index (κ1) is 27.2. The third-order valence-electron chi connectivity index (χ3n) is 4.78. The second-order valence-corrected chi connectivity index (χ2v) is 9.28.